The van der Waals surface area contributed by atoms with Gasteiger partial charge in [0.15, 0.2) is 0 Å². The third-order valence-electron chi connectivity index (χ3n) is 3.90. The van der Waals surface area contributed by atoms with Crippen LogP contribution in [0.2, 0.25) is 0 Å². The van der Waals surface area contributed by atoms with E-state index in [1.807, 2.05) is 7.11 Å². The Hall–Kier alpha value is -0.0800. The Labute approximate surface area is 94.6 Å². The second-order valence-corrected chi connectivity index (χ2v) is 4.93. The molecule has 0 aliphatic heterocycles. The molecule has 2 heteroatoms. The lowest BCUT2D eigenvalue weighted by molar-refractivity contribution is -0.0279. The molecule has 0 amide bonds. The van der Waals surface area contributed by atoms with Crippen molar-refractivity contribution in [1.29, 1.82) is 0 Å². The summed E-state index contributed by atoms with van der Waals surface area (Å²) in [5, 5.41) is 0. The molecule has 15 heavy (non-hydrogen) atoms. The van der Waals surface area contributed by atoms with Crippen molar-refractivity contribution < 1.29 is 4.74 Å². The van der Waals surface area contributed by atoms with E-state index in [1.54, 1.807) is 0 Å². The lowest BCUT2D eigenvalue weighted by atomic mass is 9.89. The zero-order chi connectivity index (χ0) is 11.1. The van der Waals surface area contributed by atoms with Crippen molar-refractivity contribution in [3.05, 3.63) is 0 Å². The second kappa shape index (κ2) is 6.49. The number of rotatable bonds is 7. The quantitative estimate of drug-likeness (QED) is 0.659. The van der Waals surface area contributed by atoms with Crippen LogP contribution in [0.5, 0.6) is 0 Å². The van der Waals surface area contributed by atoms with Gasteiger partial charge in [-0.1, -0.05) is 45.4 Å². The first-order valence-electron chi connectivity index (χ1n) is 6.56. The molecule has 0 spiro atoms. The maximum Gasteiger partial charge on any atom is 0.0828 e. The number of unbranched alkanes of at least 4 members (excludes halogenated alkanes) is 3. The van der Waals surface area contributed by atoms with Crippen LogP contribution in [0, 0.1) is 0 Å². The van der Waals surface area contributed by atoms with Crippen LogP contribution >= 0.6 is 0 Å². The summed E-state index contributed by atoms with van der Waals surface area (Å²) in [5.74, 6) is 0. The maximum absolute atomic E-state index is 6.28. The maximum atomic E-state index is 6.28. The van der Waals surface area contributed by atoms with Crippen molar-refractivity contribution in [2.24, 2.45) is 5.73 Å². The van der Waals surface area contributed by atoms with E-state index < -0.39 is 0 Å². The fourth-order valence-electron chi connectivity index (χ4n) is 2.75. The van der Waals surface area contributed by atoms with Crippen LogP contribution in [0.25, 0.3) is 0 Å². The Morgan fingerprint density at radius 2 is 1.87 bits per heavy atom. The second-order valence-electron chi connectivity index (χ2n) is 4.93. The van der Waals surface area contributed by atoms with E-state index in [4.69, 9.17) is 10.5 Å². The zero-order valence-electron chi connectivity index (χ0n) is 10.4. The molecule has 1 aliphatic rings. The molecule has 0 aromatic rings. The predicted molar refractivity (Wildman–Crippen MR) is 64.9 cm³/mol. The third-order valence-corrected chi connectivity index (χ3v) is 3.90. The minimum Gasteiger partial charge on any atom is -0.377 e. The van der Waals surface area contributed by atoms with E-state index in [0.717, 1.165) is 6.42 Å². The van der Waals surface area contributed by atoms with Gasteiger partial charge < -0.3 is 10.5 Å². The van der Waals surface area contributed by atoms with E-state index in [2.05, 4.69) is 6.92 Å². The molecule has 1 fully saturated rings. The van der Waals surface area contributed by atoms with Gasteiger partial charge >= 0.3 is 0 Å². The van der Waals surface area contributed by atoms with Gasteiger partial charge in [0, 0.05) is 13.2 Å². The van der Waals surface area contributed by atoms with Crippen LogP contribution in [0.1, 0.15) is 64.7 Å². The van der Waals surface area contributed by atoms with Crippen molar-refractivity contribution >= 4 is 0 Å². The lowest BCUT2D eigenvalue weighted by Crippen LogP contribution is -2.47. The number of nitrogens with two attached hydrogens (primary N) is 1. The van der Waals surface area contributed by atoms with E-state index in [0.29, 0.717) is 0 Å². The summed E-state index contributed by atoms with van der Waals surface area (Å²) in [7, 11) is 1.83. The van der Waals surface area contributed by atoms with Crippen molar-refractivity contribution in [3.63, 3.8) is 0 Å². The van der Waals surface area contributed by atoms with Crippen LogP contribution in [0.4, 0.5) is 0 Å². The molecule has 2 N–H and O–H groups in total. The standard InChI is InChI=1S/C13H27NO/c1-3-4-5-6-9-12(14)13(15-2)10-7-8-11-13/h12H,3-11,14H2,1-2H3. The number of hydrogen-bond acceptors (Lipinski definition) is 2. The SMILES string of the molecule is CCCCCCC(N)C1(OC)CCCC1. The first-order valence-corrected chi connectivity index (χ1v) is 6.56. The first-order chi connectivity index (χ1) is 7.25. The van der Waals surface area contributed by atoms with Gasteiger partial charge in [0.2, 0.25) is 0 Å². The molecule has 0 aromatic heterocycles. The van der Waals surface area contributed by atoms with Crippen molar-refractivity contribution in [2.45, 2.75) is 76.4 Å². The average Bonchev–Trinajstić information content (AvgIpc) is 2.74. The molecular formula is C13H27NO. The Morgan fingerprint density at radius 3 is 2.40 bits per heavy atom. The van der Waals surface area contributed by atoms with Crippen LogP contribution in [-0.2, 0) is 4.74 Å². The van der Waals surface area contributed by atoms with Crippen LogP contribution < -0.4 is 5.73 Å². The Kier molecular flexibility index (Phi) is 5.62. The first kappa shape index (κ1) is 13.0. The molecule has 1 saturated carbocycles. The summed E-state index contributed by atoms with van der Waals surface area (Å²) >= 11 is 0. The zero-order valence-corrected chi connectivity index (χ0v) is 10.4. The molecule has 0 radical (unpaired) electrons. The summed E-state index contributed by atoms with van der Waals surface area (Å²) in [4.78, 5) is 0. The fourth-order valence-corrected chi connectivity index (χ4v) is 2.75. The van der Waals surface area contributed by atoms with Gasteiger partial charge in [-0.3, -0.25) is 0 Å². The topological polar surface area (TPSA) is 35.2 Å². The van der Waals surface area contributed by atoms with E-state index in [1.165, 1.54) is 51.4 Å². The molecule has 0 aromatic carbocycles. The molecule has 1 atom stereocenters. The Balaban J connectivity index is 2.27. The summed E-state index contributed by atoms with van der Waals surface area (Å²) < 4.78 is 5.69. The molecular weight excluding hydrogens is 186 g/mol. The average molecular weight is 213 g/mol. The van der Waals surface area contributed by atoms with Gasteiger partial charge in [-0.05, 0) is 19.3 Å². The van der Waals surface area contributed by atoms with Crippen molar-refractivity contribution in [2.75, 3.05) is 7.11 Å². The third kappa shape index (κ3) is 3.46. The summed E-state index contributed by atoms with van der Waals surface area (Å²) in [5.41, 5.74) is 6.30. The van der Waals surface area contributed by atoms with E-state index in [-0.39, 0.29) is 11.6 Å². The van der Waals surface area contributed by atoms with Gasteiger partial charge in [-0.2, -0.15) is 0 Å². The molecule has 90 valence electrons. The van der Waals surface area contributed by atoms with E-state index >= 15 is 0 Å². The molecule has 0 heterocycles. The van der Waals surface area contributed by atoms with Crippen LogP contribution in [0.3, 0.4) is 0 Å². The number of hydrogen-bond donors (Lipinski definition) is 1. The number of ether oxygens (including phenoxy) is 1. The Morgan fingerprint density at radius 1 is 1.20 bits per heavy atom. The van der Waals surface area contributed by atoms with Crippen molar-refractivity contribution in [1.82, 2.24) is 0 Å². The minimum absolute atomic E-state index is 0.0201. The normalized spacial score (nSPS) is 21.8. The fraction of sp³-hybridized carbons (Fsp3) is 1.00. The highest BCUT2D eigenvalue weighted by Gasteiger charge is 2.39. The molecule has 1 unspecified atom stereocenters. The van der Waals surface area contributed by atoms with Crippen LogP contribution in [-0.4, -0.2) is 18.8 Å². The monoisotopic (exact) mass is 213 g/mol. The van der Waals surface area contributed by atoms with Gasteiger partial charge in [0.05, 0.1) is 5.60 Å². The number of methoxy groups -OCH3 is 1. The minimum atomic E-state index is 0.0201. The Bertz CT molecular complexity index is 164. The molecule has 1 aliphatic carbocycles. The van der Waals surface area contributed by atoms with Gasteiger partial charge in [0.1, 0.15) is 0 Å². The van der Waals surface area contributed by atoms with E-state index in [9.17, 15) is 0 Å². The highest BCUT2D eigenvalue weighted by molar-refractivity contribution is 4.94. The highest BCUT2D eigenvalue weighted by atomic mass is 16.5. The summed E-state index contributed by atoms with van der Waals surface area (Å²) in [6.45, 7) is 2.24. The summed E-state index contributed by atoms with van der Waals surface area (Å²) in [6, 6.07) is 0.252. The van der Waals surface area contributed by atoms with Gasteiger partial charge in [-0.15, -0.1) is 0 Å². The molecule has 1 rings (SSSR count). The largest absolute Gasteiger partial charge is 0.377 e. The lowest BCUT2D eigenvalue weighted by Gasteiger charge is -2.34. The highest BCUT2D eigenvalue weighted by Crippen LogP contribution is 2.36. The summed E-state index contributed by atoms with van der Waals surface area (Å²) in [6.07, 6.45) is 11.3. The molecule has 0 bridgehead atoms. The molecule has 0 saturated heterocycles. The van der Waals surface area contributed by atoms with Crippen LogP contribution in [0.15, 0.2) is 0 Å². The molecule has 2 nitrogen and oxygen atoms in total. The van der Waals surface area contributed by atoms with Gasteiger partial charge in [-0.25, -0.2) is 0 Å². The predicted octanol–water partition coefficient (Wildman–Crippen LogP) is 3.24. The van der Waals surface area contributed by atoms with Crippen molar-refractivity contribution in [3.8, 4) is 0 Å². The smallest absolute Gasteiger partial charge is 0.0828 e. The van der Waals surface area contributed by atoms with Gasteiger partial charge in [0.25, 0.3) is 0 Å².